The third-order valence-electron chi connectivity index (χ3n) is 4.53. The van der Waals surface area contributed by atoms with Crippen molar-refractivity contribution < 1.29 is 18.9 Å². The summed E-state index contributed by atoms with van der Waals surface area (Å²) in [4.78, 5) is 18.4. The number of hydrogen-bond acceptors (Lipinski definition) is 2. The van der Waals surface area contributed by atoms with Crippen molar-refractivity contribution in [2.24, 2.45) is 0 Å². The number of phosphoric acid groups is 1. The Labute approximate surface area is 153 Å². The van der Waals surface area contributed by atoms with Crippen LogP contribution in [0.4, 0.5) is 0 Å². The monoisotopic (exact) mass is 370 g/mol. The fourth-order valence-corrected chi connectivity index (χ4v) is 3.59. The van der Waals surface area contributed by atoms with Gasteiger partial charge >= 0.3 is 7.82 Å². The molecule has 0 fully saturated rings. The fourth-order valence-electron chi connectivity index (χ4n) is 3.17. The molecule has 0 saturated heterocycles. The van der Waals surface area contributed by atoms with Gasteiger partial charge < -0.3 is 4.52 Å². The molecular weight excluding hydrogens is 335 g/mol. The van der Waals surface area contributed by atoms with E-state index in [1.165, 1.54) is 50.5 Å². The molecule has 0 amide bonds. The normalized spacial score (nSPS) is 11.7. The Balaban J connectivity index is 2.74. The maximum Gasteiger partial charge on any atom is 0.524 e. The van der Waals surface area contributed by atoms with Gasteiger partial charge in [0.2, 0.25) is 0 Å². The van der Waals surface area contributed by atoms with Crippen molar-refractivity contribution in [1.82, 2.24) is 0 Å². The minimum absolute atomic E-state index is 0.356. The largest absolute Gasteiger partial charge is 0.524 e. The van der Waals surface area contributed by atoms with Crippen LogP contribution in [0.15, 0.2) is 18.2 Å². The van der Waals surface area contributed by atoms with Gasteiger partial charge in [0.15, 0.2) is 0 Å². The molecule has 4 nitrogen and oxygen atoms in total. The lowest BCUT2D eigenvalue weighted by Gasteiger charge is -2.16. The Kier molecular flexibility index (Phi) is 11.1. The molecule has 0 radical (unpaired) electrons. The van der Waals surface area contributed by atoms with Gasteiger partial charge in [0.1, 0.15) is 5.75 Å². The van der Waals surface area contributed by atoms with E-state index in [1.54, 1.807) is 6.07 Å². The summed E-state index contributed by atoms with van der Waals surface area (Å²) in [6.45, 7) is 4.40. The van der Waals surface area contributed by atoms with E-state index in [2.05, 4.69) is 19.9 Å². The second-order valence-electron chi connectivity index (χ2n) is 6.80. The first-order chi connectivity index (χ1) is 12.0. The summed E-state index contributed by atoms with van der Waals surface area (Å²) in [7, 11) is -4.52. The molecule has 1 aromatic carbocycles. The van der Waals surface area contributed by atoms with Gasteiger partial charge in [0.05, 0.1) is 0 Å². The lowest BCUT2D eigenvalue weighted by atomic mass is 9.95. The smallest absolute Gasteiger partial charge is 0.404 e. The molecule has 5 heteroatoms. The lowest BCUT2D eigenvalue weighted by molar-refractivity contribution is 0.282. The number of unbranched alkanes of at least 4 members (excludes halogenated alkanes) is 8. The summed E-state index contributed by atoms with van der Waals surface area (Å²) in [5, 5.41) is 0. The third kappa shape index (κ3) is 10.0. The maximum atomic E-state index is 11.3. The van der Waals surface area contributed by atoms with Crippen LogP contribution in [0.2, 0.25) is 0 Å². The highest BCUT2D eigenvalue weighted by Crippen LogP contribution is 2.40. The van der Waals surface area contributed by atoms with Crippen molar-refractivity contribution in [2.75, 3.05) is 0 Å². The number of phosphoric ester groups is 1. The van der Waals surface area contributed by atoms with Gasteiger partial charge in [0.25, 0.3) is 0 Å². The average Bonchev–Trinajstić information content (AvgIpc) is 2.55. The summed E-state index contributed by atoms with van der Waals surface area (Å²) in [6, 6.07) is 5.60. The Morgan fingerprint density at radius 1 is 0.840 bits per heavy atom. The van der Waals surface area contributed by atoms with Crippen LogP contribution >= 0.6 is 7.82 Å². The number of benzene rings is 1. The second-order valence-corrected chi connectivity index (χ2v) is 7.97. The first-order valence-corrected chi connectivity index (χ1v) is 11.4. The van der Waals surface area contributed by atoms with Crippen molar-refractivity contribution in [2.45, 2.75) is 90.9 Å². The molecule has 25 heavy (non-hydrogen) atoms. The van der Waals surface area contributed by atoms with Gasteiger partial charge in [-0.15, -0.1) is 0 Å². The standard InChI is InChI=1S/C20H35O4P/c1-3-5-7-9-11-14-18-15-13-17-20(24-25(21,22)23)19(18)16-12-10-8-6-4-2/h13,15,17H,3-12,14,16H2,1-2H3,(H2,21,22,23). The molecule has 0 aliphatic rings. The van der Waals surface area contributed by atoms with Crippen LogP contribution in [0.5, 0.6) is 5.75 Å². The van der Waals surface area contributed by atoms with Gasteiger partial charge in [-0.05, 0) is 42.9 Å². The van der Waals surface area contributed by atoms with Gasteiger partial charge in [-0.3, -0.25) is 9.79 Å². The van der Waals surface area contributed by atoms with Crippen molar-refractivity contribution in [3.05, 3.63) is 29.3 Å². The van der Waals surface area contributed by atoms with Crippen LogP contribution in [0.3, 0.4) is 0 Å². The average molecular weight is 370 g/mol. The highest BCUT2D eigenvalue weighted by molar-refractivity contribution is 7.46. The zero-order valence-corrected chi connectivity index (χ0v) is 16.8. The van der Waals surface area contributed by atoms with E-state index in [9.17, 15) is 14.4 Å². The SMILES string of the molecule is CCCCCCCc1cccc(OP(=O)(O)O)c1CCCCCCC. The van der Waals surface area contributed by atoms with Crippen LogP contribution < -0.4 is 4.52 Å². The fraction of sp³-hybridized carbons (Fsp3) is 0.700. The van der Waals surface area contributed by atoms with Crippen LogP contribution in [0, 0.1) is 0 Å². The lowest BCUT2D eigenvalue weighted by Crippen LogP contribution is -2.01. The zero-order chi connectivity index (χ0) is 18.5. The highest BCUT2D eigenvalue weighted by atomic mass is 31.2. The van der Waals surface area contributed by atoms with Crippen molar-refractivity contribution in [1.29, 1.82) is 0 Å². The van der Waals surface area contributed by atoms with E-state index < -0.39 is 7.82 Å². The number of rotatable bonds is 14. The van der Waals surface area contributed by atoms with Crippen molar-refractivity contribution in [3.8, 4) is 5.75 Å². The molecule has 0 atom stereocenters. The quantitative estimate of drug-likeness (QED) is 0.303. The van der Waals surface area contributed by atoms with Crippen LogP contribution in [-0.4, -0.2) is 9.79 Å². The van der Waals surface area contributed by atoms with Gasteiger partial charge in [-0.25, -0.2) is 4.57 Å². The van der Waals surface area contributed by atoms with E-state index in [0.29, 0.717) is 5.75 Å². The molecule has 1 rings (SSSR count). The predicted molar refractivity (Wildman–Crippen MR) is 104 cm³/mol. The summed E-state index contributed by atoms with van der Waals surface area (Å²) >= 11 is 0. The zero-order valence-electron chi connectivity index (χ0n) is 15.9. The Bertz CT molecular complexity index is 524. The molecule has 0 saturated carbocycles. The van der Waals surface area contributed by atoms with Gasteiger partial charge in [0, 0.05) is 0 Å². The summed E-state index contributed by atoms with van der Waals surface area (Å²) in [6.07, 6.45) is 13.7. The Hall–Kier alpha value is -0.830. The molecule has 0 spiro atoms. The minimum atomic E-state index is -4.52. The number of hydrogen-bond donors (Lipinski definition) is 2. The Morgan fingerprint density at radius 3 is 1.96 bits per heavy atom. The van der Waals surface area contributed by atoms with E-state index >= 15 is 0 Å². The molecule has 0 aromatic heterocycles. The van der Waals surface area contributed by atoms with Crippen LogP contribution in [-0.2, 0) is 17.4 Å². The third-order valence-corrected chi connectivity index (χ3v) is 4.96. The van der Waals surface area contributed by atoms with Crippen LogP contribution in [0.25, 0.3) is 0 Å². The molecule has 144 valence electrons. The summed E-state index contributed by atoms with van der Waals surface area (Å²) < 4.78 is 16.2. The number of aryl methyl sites for hydroxylation is 1. The van der Waals surface area contributed by atoms with Crippen LogP contribution in [0.1, 0.15) is 89.2 Å². The van der Waals surface area contributed by atoms with Crippen molar-refractivity contribution in [3.63, 3.8) is 0 Å². The second kappa shape index (κ2) is 12.5. The molecule has 1 aromatic rings. The molecule has 0 unspecified atom stereocenters. The van der Waals surface area contributed by atoms with E-state index in [-0.39, 0.29) is 0 Å². The maximum absolute atomic E-state index is 11.3. The van der Waals surface area contributed by atoms with E-state index in [0.717, 1.165) is 37.7 Å². The summed E-state index contributed by atoms with van der Waals surface area (Å²) in [5.74, 6) is 0.356. The first kappa shape index (κ1) is 22.2. The van der Waals surface area contributed by atoms with Crippen molar-refractivity contribution >= 4 is 7.82 Å². The first-order valence-electron chi connectivity index (χ1n) is 9.83. The topological polar surface area (TPSA) is 66.8 Å². The Morgan fingerprint density at radius 2 is 1.40 bits per heavy atom. The predicted octanol–water partition coefficient (Wildman–Crippen LogP) is 6.18. The molecule has 0 bridgehead atoms. The van der Waals surface area contributed by atoms with E-state index in [4.69, 9.17) is 4.52 Å². The molecular formula is C20H35O4P. The molecule has 0 heterocycles. The van der Waals surface area contributed by atoms with E-state index in [1.807, 2.05) is 6.07 Å². The minimum Gasteiger partial charge on any atom is -0.404 e. The van der Waals surface area contributed by atoms with Gasteiger partial charge in [-0.2, -0.15) is 0 Å². The van der Waals surface area contributed by atoms with Gasteiger partial charge in [-0.1, -0.05) is 77.3 Å². The molecule has 0 aliphatic heterocycles. The summed E-state index contributed by atoms with van der Waals surface area (Å²) in [5.41, 5.74) is 2.16. The molecule has 2 N–H and O–H groups in total. The molecule has 0 aliphatic carbocycles. The highest BCUT2D eigenvalue weighted by Gasteiger charge is 2.19.